The first-order chi connectivity index (χ1) is 22.2. The molecule has 0 atom stereocenters. The van der Waals surface area contributed by atoms with Gasteiger partial charge in [0.1, 0.15) is 0 Å². The maximum Gasteiger partial charge on any atom is 0.270 e. The van der Waals surface area contributed by atoms with Gasteiger partial charge in [-0.1, -0.05) is 82.5 Å². The number of aryl methyl sites for hydroxylation is 4. The SMILES string of the molecule is Cc1cc(C2(c3cc(C)c(NC(=O)c4cccc([N+](=O)[O-])c4)c(C)c3)CCCCC2)cc(C)c1NC(=O)c1ccc(C(C)(C)C)cc1. The van der Waals surface area contributed by atoms with Crippen LogP contribution in [-0.2, 0) is 10.8 Å². The molecule has 5 rings (SSSR count). The highest BCUT2D eigenvalue weighted by Gasteiger charge is 2.37. The van der Waals surface area contributed by atoms with Crippen LogP contribution in [0.4, 0.5) is 17.1 Å². The van der Waals surface area contributed by atoms with Crippen molar-refractivity contribution in [2.45, 2.75) is 91.4 Å². The van der Waals surface area contributed by atoms with E-state index in [0.29, 0.717) is 5.56 Å². The van der Waals surface area contributed by atoms with Gasteiger partial charge in [0, 0.05) is 40.0 Å². The van der Waals surface area contributed by atoms with Crippen molar-refractivity contribution in [1.29, 1.82) is 0 Å². The van der Waals surface area contributed by atoms with Crippen LogP contribution in [0.2, 0.25) is 0 Å². The summed E-state index contributed by atoms with van der Waals surface area (Å²) in [6.07, 6.45) is 5.44. The number of anilines is 2. The summed E-state index contributed by atoms with van der Waals surface area (Å²) in [5.74, 6) is -0.500. The van der Waals surface area contributed by atoms with Crippen LogP contribution in [0.3, 0.4) is 0 Å². The molecule has 0 bridgehead atoms. The fourth-order valence-corrected chi connectivity index (χ4v) is 7.03. The topological polar surface area (TPSA) is 101 Å². The van der Waals surface area contributed by atoms with Crippen molar-refractivity contribution in [3.8, 4) is 0 Å². The molecule has 1 aliphatic rings. The molecule has 4 aromatic rings. The molecule has 7 nitrogen and oxygen atoms in total. The number of nitrogens with zero attached hydrogens (tertiary/aromatic N) is 1. The second kappa shape index (κ2) is 13.1. The number of rotatable bonds is 7. The largest absolute Gasteiger partial charge is 0.322 e. The molecular formula is C40H45N3O4. The van der Waals surface area contributed by atoms with E-state index in [0.717, 1.165) is 59.3 Å². The van der Waals surface area contributed by atoms with Crippen molar-refractivity contribution in [2.75, 3.05) is 10.6 Å². The Balaban J connectivity index is 1.45. The number of nitro groups is 1. The molecule has 1 fully saturated rings. The number of carbonyl (C=O) groups excluding carboxylic acids is 2. The molecule has 7 heteroatoms. The summed E-state index contributed by atoms with van der Waals surface area (Å²) in [5, 5.41) is 17.4. The molecule has 1 saturated carbocycles. The van der Waals surface area contributed by atoms with E-state index in [1.54, 1.807) is 6.07 Å². The highest BCUT2D eigenvalue weighted by molar-refractivity contribution is 6.06. The number of nitrogens with one attached hydrogen (secondary N) is 2. The summed E-state index contributed by atoms with van der Waals surface area (Å²) in [5.41, 5.74) is 9.73. The summed E-state index contributed by atoms with van der Waals surface area (Å²) in [7, 11) is 0. The van der Waals surface area contributed by atoms with Crippen LogP contribution in [0.15, 0.2) is 72.8 Å². The number of non-ortho nitro benzene ring substituents is 1. The van der Waals surface area contributed by atoms with E-state index in [-0.39, 0.29) is 33.9 Å². The van der Waals surface area contributed by atoms with Gasteiger partial charge >= 0.3 is 0 Å². The lowest BCUT2D eigenvalue weighted by molar-refractivity contribution is -0.384. The first-order valence-electron chi connectivity index (χ1n) is 16.4. The van der Waals surface area contributed by atoms with Crippen molar-refractivity contribution < 1.29 is 14.5 Å². The van der Waals surface area contributed by atoms with E-state index >= 15 is 0 Å². The van der Waals surface area contributed by atoms with Gasteiger partial charge in [-0.05, 0) is 103 Å². The number of hydrogen-bond acceptors (Lipinski definition) is 4. The standard InChI is InChI=1S/C40H45N3O4/c1-25-20-32(21-26(2)35(25)41-37(44)29-14-16-31(17-15-29)39(5,6)7)40(18-9-8-10-19-40)33-22-27(3)36(28(4)23-33)42-38(45)30-12-11-13-34(24-30)43(46)47/h11-17,20-24H,8-10,18-19H2,1-7H3,(H,41,44)(H,42,45). The first-order valence-corrected chi connectivity index (χ1v) is 16.4. The van der Waals surface area contributed by atoms with E-state index < -0.39 is 4.92 Å². The number of nitro benzene ring substituents is 1. The van der Waals surface area contributed by atoms with E-state index in [1.165, 1.54) is 41.3 Å². The molecule has 0 unspecified atom stereocenters. The summed E-state index contributed by atoms with van der Waals surface area (Å²) >= 11 is 0. The average molecular weight is 632 g/mol. The minimum Gasteiger partial charge on any atom is -0.322 e. The zero-order valence-electron chi connectivity index (χ0n) is 28.5. The third-order valence-electron chi connectivity index (χ3n) is 9.69. The molecule has 0 aromatic heterocycles. The minimum absolute atomic E-state index is 0.0197. The Kier molecular flexibility index (Phi) is 9.39. The van der Waals surface area contributed by atoms with E-state index in [2.05, 4.69) is 69.5 Å². The molecule has 0 heterocycles. The molecule has 0 radical (unpaired) electrons. The molecule has 4 aromatic carbocycles. The quantitative estimate of drug-likeness (QED) is 0.157. The zero-order chi connectivity index (χ0) is 34.1. The molecule has 2 amide bonds. The highest BCUT2D eigenvalue weighted by Crippen LogP contribution is 2.47. The Morgan fingerprint density at radius 1 is 0.681 bits per heavy atom. The minimum atomic E-state index is -0.499. The number of amides is 2. The molecule has 1 aliphatic carbocycles. The predicted octanol–water partition coefficient (Wildman–Crippen LogP) is 9.88. The fraction of sp³-hybridized carbons (Fsp3) is 0.350. The smallest absolute Gasteiger partial charge is 0.270 e. The van der Waals surface area contributed by atoms with Crippen molar-refractivity contribution in [1.82, 2.24) is 0 Å². The molecule has 244 valence electrons. The van der Waals surface area contributed by atoms with Gasteiger partial charge in [-0.15, -0.1) is 0 Å². The Hall–Kier alpha value is -4.78. The summed E-state index contributed by atoms with van der Waals surface area (Å²) < 4.78 is 0. The lowest BCUT2D eigenvalue weighted by Crippen LogP contribution is -2.31. The normalized spacial score (nSPS) is 14.4. The molecule has 47 heavy (non-hydrogen) atoms. The lowest BCUT2D eigenvalue weighted by atomic mass is 9.64. The van der Waals surface area contributed by atoms with E-state index in [1.807, 2.05) is 38.1 Å². The summed E-state index contributed by atoms with van der Waals surface area (Å²) in [6.45, 7) is 14.6. The van der Waals surface area contributed by atoms with Crippen LogP contribution in [0.1, 0.15) is 113 Å². The van der Waals surface area contributed by atoms with Crippen molar-refractivity contribution in [3.05, 3.63) is 133 Å². The molecule has 0 aliphatic heterocycles. The maximum absolute atomic E-state index is 13.3. The number of carbonyl (C=O) groups is 2. The number of hydrogen-bond donors (Lipinski definition) is 2. The monoisotopic (exact) mass is 631 g/mol. The van der Waals surface area contributed by atoms with Crippen molar-refractivity contribution in [3.63, 3.8) is 0 Å². The molecule has 2 N–H and O–H groups in total. The van der Waals surface area contributed by atoms with Crippen LogP contribution >= 0.6 is 0 Å². The van der Waals surface area contributed by atoms with E-state index in [9.17, 15) is 19.7 Å². The summed E-state index contributed by atoms with van der Waals surface area (Å²) in [4.78, 5) is 37.2. The van der Waals surface area contributed by atoms with Gasteiger partial charge in [-0.2, -0.15) is 0 Å². The fourth-order valence-electron chi connectivity index (χ4n) is 7.03. The predicted molar refractivity (Wildman–Crippen MR) is 190 cm³/mol. The van der Waals surface area contributed by atoms with Gasteiger partial charge in [-0.3, -0.25) is 19.7 Å². The van der Waals surface area contributed by atoms with Gasteiger partial charge in [0.25, 0.3) is 17.5 Å². The second-order valence-electron chi connectivity index (χ2n) is 14.2. The number of benzene rings is 4. The average Bonchev–Trinajstić information content (AvgIpc) is 3.04. The van der Waals surface area contributed by atoms with Crippen molar-refractivity contribution >= 4 is 28.9 Å². The van der Waals surface area contributed by atoms with Gasteiger partial charge in [-0.25, -0.2) is 0 Å². The Morgan fingerprint density at radius 3 is 1.60 bits per heavy atom. The third kappa shape index (κ3) is 6.99. The van der Waals surface area contributed by atoms with Crippen LogP contribution in [0.25, 0.3) is 0 Å². The Bertz CT molecular complexity index is 1800. The second-order valence-corrected chi connectivity index (χ2v) is 14.2. The third-order valence-corrected chi connectivity index (χ3v) is 9.69. The van der Waals surface area contributed by atoms with Crippen LogP contribution in [0, 0.1) is 37.8 Å². The van der Waals surface area contributed by atoms with Gasteiger partial charge < -0.3 is 10.6 Å². The Morgan fingerprint density at radius 2 is 1.15 bits per heavy atom. The van der Waals surface area contributed by atoms with Crippen LogP contribution < -0.4 is 10.6 Å². The molecule has 0 saturated heterocycles. The van der Waals surface area contributed by atoms with Crippen molar-refractivity contribution in [2.24, 2.45) is 0 Å². The maximum atomic E-state index is 13.3. The van der Waals surface area contributed by atoms with Gasteiger partial charge in [0.05, 0.1) is 4.92 Å². The van der Waals surface area contributed by atoms with Crippen LogP contribution in [-0.4, -0.2) is 16.7 Å². The van der Waals surface area contributed by atoms with Crippen LogP contribution in [0.5, 0.6) is 0 Å². The molecule has 0 spiro atoms. The summed E-state index contributed by atoms with van der Waals surface area (Å²) in [6, 6.07) is 22.5. The molecular weight excluding hydrogens is 586 g/mol. The van der Waals surface area contributed by atoms with E-state index in [4.69, 9.17) is 0 Å². The highest BCUT2D eigenvalue weighted by atomic mass is 16.6. The van der Waals surface area contributed by atoms with Gasteiger partial charge in [0.15, 0.2) is 0 Å². The first kappa shape index (κ1) is 33.6. The zero-order valence-corrected chi connectivity index (χ0v) is 28.5. The lowest BCUT2D eigenvalue weighted by Gasteiger charge is -2.40. The Labute approximate surface area is 278 Å². The van der Waals surface area contributed by atoms with Gasteiger partial charge in [0.2, 0.25) is 0 Å².